The first-order valence-corrected chi connectivity index (χ1v) is 7.59. The first-order valence-electron chi connectivity index (χ1n) is 7.59. The van der Waals surface area contributed by atoms with E-state index in [-0.39, 0.29) is 0 Å². The minimum atomic E-state index is 0.409. The van der Waals surface area contributed by atoms with Crippen molar-refractivity contribution in [3.63, 3.8) is 0 Å². The van der Waals surface area contributed by atoms with Gasteiger partial charge in [0.1, 0.15) is 6.33 Å². The Bertz CT molecular complexity index is 532. The fraction of sp³-hybridized carbons (Fsp3) is 0.500. The molecule has 1 aliphatic heterocycles. The molecule has 1 aromatic carbocycles. The first-order chi connectivity index (χ1) is 9.90. The molecular formula is C16H22N4. The van der Waals surface area contributed by atoms with E-state index in [0.29, 0.717) is 6.04 Å². The lowest BCUT2D eigenvalue weighted by atomic mass is 10.0. The number of benzene rings is 1. The van der Waals surface area contributed by atoms with Crippen molar-refractivity contribution in [1.29, 1.82) is 0 Å². The predicted octanol–water partition coefficient (Wildman–Crippen LogP) is 3.20. The van der Waals surface area contributed by atoms with Gasteiger partial charge in [0.2, 0.25) is 0 Å². The highest BCUT2D eigenvalue weighted by atomic mass is 15.3. The second-order valence-electron chi connectivity index (χ2n) is 5.44. The first kappa shape index (κ1) is 13.3. The Morgan fingerprint density at radius 1 is 1.20 bits per heavy atom. The Hall–Kier alpha value is -1.68. The molecule has 1 aliphatic rings. The Labute approximate surface area is 120 Å². The summed E-state index contributed by atoms with van der Waals surface area (Å²) >= 11 is 0. The minimum Gasteiger partial charge on any atom is -0.293 e. The fourth-order valence-electron chi connectivity index (χ4n) is 3.10. The highest BCUT2D eigenvalue weighted by Gasteiger charge is 2.27. The number of aromatic nitrogens is 3. The molecule has 106 valence electrons. The third-order valence-electron chi connectivity index (χ3n) is 4.03. The van der Waals surface area contributed by atoms with E-state index >= 15 is 0 Å². The monoisotopic (exact) mass is 270 g/mol. The van der Waals surface area contributed by atoms with E-state index in [0.717, 1.165) is 18.1 Å². The molecule has 1 saturated heterocycles. The SMILES string of the molecule is CCCN1CCCC[C@H]1c1nncn1-c1ccccc1. The van der Waals surface area contributed by atoms with Gasteiger partial charge in [0, 0.05) is 5.69 Å². The molecule has 1 aromatic heterocycles. The minimum absolute atomic E-state index is 0.409. The van der Waals surface area contributed by atoms with Crippen molar-refractivity contribution in [3.05, 3.63) is 42.5 Å². The molecule has 1 fully saturated rings. The summed E-state index contributed by atoms with van der Waals surface area (Å²) in [5.74, 6) is 1.09. The van der Waals surface area contributed by atoms with Crippen molar-refractivity contribution in [2.24, 2.45) is 0 Å². The van der Waals surface area contributed by atoms with Crippen LogP contribution < -0.4 is 0 Å². The summed E-state index contributed by atoms with van der Waals surface area (Å²) in [5, 5.41) is 8.57. The molecule has 3 rings (SSSR count). The zero-order chi connectivity index (χ0) is 13.8. The highest BCUT2D eigenvalue weighted by molar-refractivity contribution is 5.32. The van der Waals surface area contributed by atoms with Crippen molar-refractivity contribution in [1.82, 2.24) is 19.7 Å². The zero-order valence-corrected chi connectivity index (χ0v) is 12.1. The number of likely N-dealkylation sites (tertiary alicyclic amines) is 1. The molecular weight excluding hydrogens is 248 g/mol. The molecule has 0 radical (unpaired) electrons. The fourth-order valence-corrected chi connectivity index (χ4v) is 3.10. The molecule has 0 amide bonds. The molecule has 0 saturated carbocycles. The molecule has 2 aromatic rings. The summed E-state index contributed by atoms with van der Waals surface area (Å²) in [6.45, 7) is 4.57. The van der Waals surface area contributed by atoms with E-state index in [2.05, 4.69) is 50.9 Å². The van der Waals surface area contributed by atoms with Crippen LogP contribution >= 0.6 is 0 Å². The predicted molar refractivity (Wildman–Crippen MR) is 79.8 cm³/mol. The summed E-state index contributed by atoms with van der Waals surface area (Å²) in [4.78, 5) is 2.56. The van der Waals surface area contributed by atoms with Crippen LogP contribution in [0.4, 0.5) is 0 Å². The second-order valence-corrected chi connectivity index (χ2v) is 5.44. The largest absolute Gasteiger partial charge is 0.293 e. The van der Waals surface area contributed by atoms with Gasteiger partial charge in [0.25, 0.3) is 0 Å². The average Bonchev–Trinajstić information content (AvgIpc) is 2.98. The number of nitrogens with zero attached hydrogens (tertiary/aromatic N) is 4. The molecule has 0 unspecified atom stereocenters. The van der Waals surface area contributed by atoms with E-state index in [1.807, 2.05) is 12.4 Å². The molecule has 0 aliphatic carbocycles. The molecule has 0 N–H and O–H groups in total. The van der Waals surface area contributed by atoms with Crippen LogP contribution in [0.3, 0.4) is 0 Å². The number of rotatable bonds is 4. The van der Waals surface area contributed by atoms with Crippen LogP contribution in [0.2, 0.25) is 0 Å². The summed E-state index contributed by atoms with van der Waals surface area (Å²) in [6.07, 6.45) is 6.80. The van der Waals surface area contributed by atoms with Crippen molar-refractivity contribution in [3.8, 4) is 5.69 Å². The number of hydrogen-bond donors (Lipinski definition) is 0. The van der Waals surface area contributed by atoms with Gasteiger partial charge in [-0.3, -0.25) is 9.47 Å². The van der Waals surface area contributed by atoms with Crippen molar-refractivity contribution >= 4 is 0 Å². The normalized spacial score (nSPS) is 20.1. The van der Waals surface area contributed by atoms with Gasteiger partial charge >= 0.3 is 0 Å². The van der Waals surface area contributed by atoms with E-state index < -0.39 is 0 Å². The van der Waals surface area contributed by atoms with Crippen molar-refractivity contribution < 1.29 is 0 Å². The average molecular weight is 270 g/mol. The second kappa shape index (κ2) is 6.18. The van der Waals surface area contributed by atoms with Crippen LogP contribution in [0.15, 0.2) is 36.7 Å². The Morgan fingerprint density at radius 3 is 2.85 bits per heavy atom. The third kappa shape index (κ3) is 2.61. The van der Waals surface area contributed by atoms with Gasteiger partial charge < -0.3 is 0 Å². The summed E-state index contributed by atoms with van der Waals surface area (Å²) in [7, 11) is 0. The van der Waals surface area contributed by atoms with Gasteiger partial charge in [-0.05, 0) is 44.5 Å². The van der Waals surface area contributed by atoms with Crippen LogP contribution in [0.5, 0.6) is 0 Å². The Balaban J connectivity index is 1.92. The lowest BCUT2D eigenvalue weighted by Crippen LogP contribution is -2.35. The van der Waals surface area contributed by atoms with Crippen molar-refractivity contribution in [2.75, 3.05) is 13.1 Å². The number of piperidine rings is 1. The van der Waals surface area contributed by atoms with Gasteiger partial charge in [0.15, 0.2) is 5.82 Å². The van der Waals surface area contributed by atoms with Gasteiger partial charge in [0.05, 0.1) is 6.04 Å². The Morgan fingerprint density at radius 2 is 2.05 bits per heavy atom. The molecule has 0 spiro atoms. The molecule has 20 heavy (non-hydrogen) atoms. The number of hydrogen-bond acceptors (Lipinski definition) is 3. The standard InChI is InChI=1S/C16H22N4/c1-2-11-19-12-7-6-10-15(19)16-18-17-13-20(16)14-8-4-3-5-9-14/h3-5,8-9,13,15H,2,6-7,10-12H2,1H3/t15-/m0/s1. The molecule has 4 nitrogen and oxygen atoms in total. The van der Waals surface area contributed by atoms with Gasteiger partial charge in [-0.15, -0.1) is 10.2 Å². The lowest BCUT2D eigenvalue weighted by Gasteiger charge is -2.34. The lowest BCUT2D eigenvalue weighted by molar-refractivity contribution is 0.141. The Kier molecular flexibility index (Phi) is 4.11. The van der Waals surface area contributed by atoms with Crippen LogP contribution in [-0.4, -0.2) is 32.8 Å². The van der Waals surface area contributed by atoms with E-state index in [9.17, 15) is 0 Å². The maximum absolute atomic E-state index is 4.42. The molecule has 2 heterocycles. The smallest absolute Gasteiger partial charge is 0.154 e. The van der Waals surface area contributed by atoms with Crippen LogP contribution in [0.25, 0.3) is 5.69 Å². The topological polar surface area (TPSA) is 34.0 Å². The molecule has 1 atom stereocenters. The van der Waals surface area contributed by atoms with Gasteiger partial charge in [-0.1, -0.05) is 31.5 Å². The summed E-state index contributed by atoms with van der Waals surface area (Å²) in [5.41, 5.74) is 1.15. The highest BCUT2D eigenvalue weighted by Crippen LogP contribution is 2.30. The van der Waals surface area contributed by atoms with Crippen LogP contribution in [-0.2, 0) is 0 Å². The quantitative estimate of drug-likeness (QED) is 0.855. The summed E-state index contributed by atoms with van der Waals surface area (Å²) < 4.78 is 2.14. The number of para-hydroxylation sites is 1. The van der Waals surface area contributed by atoms with Crippen LogP contribution in [0, 0.1) is 0 Å². The maximum Gasteiger partial charge on any atom is 0.154 e. The van der Waals surface area contributed by atoms with Crippen molar-refractivity contribution in [2.45, 2.75) is 38.6 Å². The molecule has 4 heteroatoms. The molecule has 0 bridgehead atoms. The van der Waals surface area contributed by atoms with E-state index in [1.165, 1.54) is 32.2 Å². The zero-order valence-electron chi connectivity index (χ0n) is 12.1. The summed E-state index contributed by atoms with van der Waals surface area (Å²) in [6, 6.07) is 10.8. The van der Waals surface area contributed by atoms with Gasteiger partial charge in [-0.2, -0.15) is 0 Å². The van der Waals surface area contributed by atoms with Gasteiger partial charge in [-0.25, -0.2) is 0 Å². The van der Waals surface area contributed by atoms with Crippen LogP contribution in [0.1, 0.15) is 44.5 Å². The third-order valence-corrected chi connectivity index (χ3v) is 4.03. The van der Waals surface area contributed by atoms with E-state index in [4.69, 9.17) is 0 Å². The van der Waals surface area contributed by atoms with E-state index in [1.54, 1.807) is 0 Å². The maximum atomic E-state index is 4.42.